The highest BCUT2D eigenvalue weighted by Crippen LogP contribution is 2.14. The second-order valence-electron chi connectivity index (χ2n) is 6.48. The van der Waals surface area contributed by atoms with E-state index in [1.54, 1.807) is 0 Å². The van der Waals surface area contributed by atoms with Gasteiger partial charge in [-0.05, 0) is 37.0 Å². The summed E-state index contributed by atoms with van der Waals surface area (Å²) in [7, 11) is 0. The minimum Gasteiger partial charge on any atom is -0.494 e. The number of benzene rings is 1. The number of unbranched alkanes of at least 4 members (excludes halogenated alkanes) is 1. The van der Waals surface area contributed by atoms with E-state index < -0.39 is 0 Å². The van der Waals surface area contributed by atoms with Gasteiger partial charge in [-0.2, -0.15) is 5.26 Å². The number of rotatable bonds is 9. The molecule has 1 saturated heterocycles. The quantitative estimate of drug-likeness (QED) is 0.699. The number of nitrogens with one attached hydrogen (secondary N) is 1. The summed E-state index contributed by atoms with van der Waals surface area (Å²) in [4.78, 5) is 14.2. The molecule has 0 saturated carbocycles. The first-order valence-corrected chi connectivity index (χ1v) is 9.37. The number of nitriles is 1. The Morgan fingerprint density at radius 3 is 2.80 bits per heavy atom. The average Bonchev–Trinajstić information content (AvgIpc) is 2.92. The summed E-state index contributed by atoms with van der Waals surface area (Å²) in [6, 6.07) is 10.1. The van der Waals surface area contributed by atoms with Gasteiger partial charge in [0.15, 0.2) is 0 Å². The standard InChI is InChI=1S/C20H29N3O2/c21-11-3-6-15-25-19-9-7-8-18(16-19)17-22-12-10-20(24)23-13-4-1-2-5-14-23/h7-9,16,22H,1-6,10,12-15,17H2. The maximum absolute atomic E-state index is 12.2. The minimum absolute atomic E-state index is 0.268. The van der Waals surface area contributed by atoms with Gasteiger partial charge < -0.3 is 15.0 Å². The van der Waals surface area contributed by atoms with Gasteiger partial charge in [0, 0.05) is 39.0 Å². The van der Waals surface area contributed by atoms with Crippen LogP contribution in [0, 0.1) is 11.3 Å². The van der Waals surface area contributed by atoms with Crippen molar-refractivity contribution in [1.82, 2.24) is 10.2 Å². The van der Waals surface area contributed by atoms with Gasteiger partial charge in [0.25, 0.3) is 0 Å². The van der Waals surface area contributed by atoms with E-state index in [9.17, 15) is 4.79 Å². The molecule has 0 spiro atoms. The molecule has 1 aromatic rings. The molecule has 2 rings (SSSR count). The molecule has 0 bridgehead atoms. The van der Waals surface area contributed by atoms with E-state index >= 15 is 0 Å². The Hall–Kier alpha value is -2.06. The first-order chi connectivity index (χ1) is 12.3. The van der Waals surface area contributed by atoms with Crippen molar-refractivity contribution in [3.05, 3.63) is 29.8 Å². The van der Waals surface area contributed by atoms with E-state index in [2.05, 4.69) is 11.4 Å². The molecule has 1 heterocycles. The zero-order valence-corrected chi connectivity index (χ0v) is 15.0. The second kappa shape index (κ2) is 11.5. The highest BCUT2D eigenvalue weighted by Gasteiger charge is 2.14. The molecule has 1 aliphatic rings. The summed E-state index contributed by atoms with van der Waals surface area (Å²) in [5.74, 6) is 1.10. The van der Waals surface area contributed by atoms with Crippen LogP contribution in [0.4, 0.5) is 0 Å². The van der Waals surface area contributed by atoms with Gasteiger partial charge in [0.1, 0.15) is 5.75 Å². The van der Waals surface area contributed by atoms with Gasteiger partial charge in [0.2, 0.25) is 5.91 Å². The largest absolute Gasteiger partial charge is 0.494 e. The maximum Gasteiger partial charge on any atom is 0.223 e. The fourth-order valence-electron chi connectivity index (χ4n) is 2.99. The third kappa shape index (κ3) is 7.57. The highest BCUT2D eigenvalue weighted by atomic mass is 16.5. The first-order valence-electron chi connectivity index (χ1n) is 9.37. The minimum atomic E-state index is 0.268. The number of hydrogen-bond donors (Lipinski definition) is 1. The molecule has 0 radical (unpaired) electrons. The van der Waals surface area contributed by atoms with Gasteiger partial charge in [-0.1, -0.05) is 25.0 Å². The normalized spacial score (nSPS) is 14.6. The number of nitrogens with zero attached hydrogens (tertiary/aromatic N) is 2. The number of ether oxygens (including phenoxy) is 1. The van der Waals surface area contributed by atoms with Crippen molar-refractivity contribution in [2.75, 3.05) is 26.2 Å². The van der Waals surface area contributed by atoms with Gasteiger partial charge >= 0.3 is 0 Å². The molecule has 136 valence electrons. The molecule has 5 nitrogen and oxygen atoms in total. The molecule has 1 N–H and O–H groups in total. The molecule has 1 amide bonds. The third-order valence-corrected chi connectivity index (χ3v) is 4.40. The van der Waals surface area contributed by atoms with Crippen LogP contribution in [0.1, 0.15) is 50.5 Å². The van der Waals surface area contributed by atoms with Crippen LogP contribution in [-0.4, -0.2) is 37.0 Å². The number of carbonyl (C=O) groups is 1. The van der Waals surface area contributed by atoms with Crippen molar-refractivity contribution in [3.63, 3.8) is 0 Å². The Bertz CT molecular complexity index is 560. The van der Waals surface area contributed by atoms with Crippen LogP contribution in [0.15, 0.2) is 24.3 Å². The third-order valence-electron chi connectivity index (χ3n) is 4.40. The molecular formula is C20H29N3O2. The molecule has 5 heteroatoms. The van der Waals surface area contributed by atoms with Crippen LogP contribution in [0.3, 0.4) is 0 Å². The lowest BCUT2D eigenvalue weighted by Gasteiger charge is -2.20. The summed E-state index contributed by atoms with van der Waals surface area (Å²) < 4.78 is 5.64. The van der Waals surface area contributed by atoms with Crippen molar-refractivity contribution >= 4 is 5.91 Å². The van der Waals surface area contributed by atoms with Crippen LogP contribution in [0.25, 0.3) is 0 Å². The lowest BCUT2D eigenvalue weighted by molar-refractivity contribution is -0.131. The van der Waals surface area contributed by atoms with E-state index in [4.69, 9.17) is 10.00 Å². The van der Waals surface area contributed by atoms with E-state index in [1.807, 2.05) is 29.2 Å². The van der Waals surface area contributed by atoms with Gasteiger partial charge in [-0.3, -0.25) is 4.79 Å². The lowest BCUT2D eigenvalue weighted by atomic mass is 10.2. The van der Waals surface area contributed by atoms with E-state index in [-0.39, 0.29) is 5.91 Å². The predicted molar refractivity (Wildman–Crippen MR) is 98.2 cm³/mol. The van der Waals surface area contributed by atoms with Gasteiger partial charge in [-0.25, -0.2) is 0 Å². The smallest absolute Gasteiger partial charge is 0.223 e. The van der Waals surface area contributed by atoms with Gasteiger partial charge in [-0.15, -0.1) is 0 Å². The van der Waals surface area contributed by atoms with E-state index in [0.717, 1.165) is 50.2 Å². The second-order valence-corrected chi connectivity index (χ2v) is 6.48. The summed E-state index contributed by atoms with van der Waals surface area (Å²) in [5.41, 5.74) is 1.14. The predicted octanol–water partition coefficient (Wildman–Crippen LogP) is 3.25. The topological polar surface area (TPSA) is 65.4 Å². The van der Waals surface area contributed by atoms with Gasteiger partial charge in [0.05, 0.1) is 12.7 Å². The Balaban J connectivity index is 1.65. The average molecular weight is 343 g/mol. The number of carbonyl (C=O) groups excluding carboxylic acids is 1. The zero-order valence-electron chi connectivity index (χ0n) is 15.0. The van der Waals surface area contributed by atoms with E-state index in [0.29, 0.717) is 26.0 Å². The summed E-state index contributed by atoms with van der Waals surface area (Å²) in [6.45, 7) is 3.83. The van der Waals surface area contributed by atoms with Crippen molar-refractivity contribution < 1.29 is 9.53 Å². The van der Waals surface area contributed by atoms with Crippen molar-refractivity contribution in [2.24, 2.45) is 0 Å². The fraction of sp³-hybridized carbons (Fsp3) is 0.600. The maximum atomic E-state index is 12.2. The van der Waals surface area contributed by atoms with Crippen LogP contribution >= 0.6 is 0 Å². The Morgan fingerprint density at radius 2 is 2.04 bits per heavy atom. The number of amides is 1. The fourth-order valence-corrected chi connectivity index (χ4v) is 2.99. The van der Waals surface area contributed by atoms with Crippen molar-refractivity contribution in [1.29, 1.82) is 5.26 Å². The van der Waals surface area contributed by atoms with Crippen LogP contribution in [0.5, 0.6) is 5.75 Å². The molecule has 25 heavy (non-hydrogen) atoms. The van der Waals surface area contributed by atoms with Crippen LogP contribution in [0.2, 0.25) is 0 Å². The summed E-state index contributed by atoms with van der Waals surface area (Å²) in [5, 5.41) is 11.9. The Morgan fingerprint density at radius 1 is 1.24 bits per heavy atom. The monoisotopic (exact) mass is 343 g/mol. The molecule has 1 aliphatic heterocycles. The Kier molecular flexibility index (Phi) is 8.85. The zero-order chi connectivity index (χ0) is 17.7. The lowest BCUT2D eigenvalue weighted by Crippen LogP contribution is -2.33. The highest BCUT2D eigenvalue weighted by molar-refractivity contribution is 5.76. The number of hydrogen-bond acceptors (Lipinski definition) is 4. The summed E-state index contributed by atoms with van der Waals surface area (Å²) >= 11 is 0. The van der Waals surface area contributed by atoms with Crippen LogP contribution < -0.4 is 10.1 Å². The summed E-state index contributed by atoms with van der Waals surface area (Å²) in [6.07, 6.45) is 6.60. The van der Waals surface area contributed by atoms with Crippen molar-refractivity contribution in [3.8, 4) is 11.8 Å². The molecule has 0 aromatic heterocycles. The molecule has 0 unspecified atom stereocenters. The van der Waals surface area contributed by atoms with Crippen molar-refractivity contribution in [2.45, 2.75) is 51.5 Å². The molecule has 1 aromatic carbocycles. The van der Waals surface area contributed by atoms with Crippen LogP contribution in [-0.2, 0) is 11.3 Å². The molecular weight excluding hydrogens is 314 g/mol. The number of likely N-dealkylation sites (tertiary alicyclic amines) is 1. The molecule has 1 fully saturated rings. The SMILES string of the molecule is N#CCCCOc1cccc(CNCCC(=O)N2CCCCCC2)c1. The first kappa shape index (κ1) is 19.3. The molecule has 0 atom stereocenters. The van der Waals surface area contributed by atoms with E-state index in [1.165, 1.54) is 12.8 Å². The molecule has 0 aliphatic carbocycles. The Labute approximate surface area is 151 Å².